The Morgan fingerprint density at radius 1 is 0.786 bits per heavy atom. The van der Waals surface area contributed by atoms with Crippen molar-refractivity contribution < 1.29 is 19.4 Å². The van der Waals surface area contributed by atoms with Gasteiger partial charge in [0, 0.05) is 20.0 Å². The molecule has 0 fully saturated rings. The molecule has 144 valence electrons. The summed E-state index contributed by atoms with van der Waals surface area (Å²) in [4.78, 5) is 21.2. The molecule has 0 atom stereocenters. The summed E-state index contributed by atoms with van der Waals surface area (Å²) in [6.45, 7) is 3.07. The van der Waals surface area contributed by atoms with Crippen LogP contribution in [0.4, 0.5) is 0 Å². The lowest BCUT2D eigenvalue weighted by Gasteiger charge is -2.04. The van der Waals surface area contributed by atoms with Crippen molar-refractivity contribution >= 4 is 11.9 Å². The molecule has 0 unspecified atom stereocenters. The fraction of sp³-hybridized carbons (Fsp3) is 0.130. The summed E-state index contributed by atoms with van der Waals surface area (Å²) in [7, 11) is 0. The summed E-state index contributed by atoms with van der Waals surface area (Å²) in [5, 5.41) is 12.1. The van der Waals surface area contributed by atoms with Gasteiger partial charge in [-0.2, -0.15) is 0 Å². The van der Waals surface area contributed by atoms with Gasteiger partial charge in [0.15, 0.2) is 0 Å². The highest BCUT2D eigenvalue weighted by molar-refractivity contribution is 5.91. The van der Waals surface area contributed by atoms with E-state index in [1.807, 2.05) is 12.1 Å². The molecule has 0 saturated heterocycles. The average Bonchev–Trinajstić information content (AvgIpc) is 2.70. The van der Waals surface area contributed by atoms with Crippen LogP contribution in [-0.4, -0.2) is 17.0 Å². The van der Waals surface area contributed by atoms with Crippen LogP contribution in [0.1, 0.15) is 28.4 Å². The zero-order valence-corrected chi connectivity index (χ0v) is 15.7. The van der Waals surface area contributed by atoms with Crippen molar-refractivity contribution in [1.29, 1.82) is 0 Å². The van der Waals surface area contributed by atoms with Crippen LogP contribution in [0.2, 0.25) is 0 Å². The highest BCUT2D eigenvalue weighted by atomic mass is 16.5. The average molecular weight is 377 g/mol. The summed E-state index contributed by atoms with van der Waals surface area (Å²) >= 11 is 0. The van der Waals surface area contributed by atoms with E-state index in [0.717, 1.165) is 13.1 Å². The van der Waals surface area contributed by atoms with Crippen molar-refractivity contribution in [3.63, 3.8) is 0 Å². The number of carbonyl (C=O) groups excluding carboxylic acids is 1. The van der Waals surface area contributed by atoms with Crippen molar-refractivity contribution in [3.8, 4) is 5.75 Å². The molecule has 0 spiro atoms. The summed E-state index contributed by atoms with van der Waals surface area (Å²) in [5.41, 5.74) is 2.64. The number of carboxylic acid groups (broad SMARTS) is 1. The van der Waals surface area contributed by atoms with Gasteiger partial charge in [0.05, 0.1) is 0 Å². The second kappa shape index (κ2) is 11.3. The Morgan fingerprint density at radius 3 is 1.71 bits per heavy atom. The zero-order chi connectivity index (χ0) is 20.2. The van der Waals surface area contributed by atoms with E-state index < -0.39 is 11.9 Å². The second-order valence-electron chi connectivity index (χ2n) is 5.97. The van der Waals surface area contributed by atoms with E-state index in [0.29, 0.717) is 0 Å². The Labute approximate surface area is 164 Å². The van der Waals surface area contributed by atoms with Gasteiger partial charge in [-0.25, -0.2) is 4.79 Å². The molecule has 0 aromatic heterocycles. The van der Waals surface area contributed by atoms with E-state index in [9.17, 15) is 9.59 Å². The molecule has 0 saturated carbocycles. The minimum absolute atomic E-state index is 0.0160. The Bertz CT molecular complexity index is 840. The maximum absolute atomic E-state index is 10.6. The van der Waals surface area contributed by atoms with E-state index in [1.54, 1.807) is 12.1 Å². The van der Waals surface area contributed by atoms with Crippen LogP contribution in [0.3, 0.4) is 0 Å². The third-order valence-corrected chi connectivity index (χ3v) is 3.72. The summed E-state index contributed by atoms with van der Waals surface area (Å²) in [6, 6.07) is 26.9. The van der Waals surface area contributed by atoms with Crippen LogP contribution >= 0.6 is 0 Å². The maximum atomic E-state index is 10.6. The third kappa shape index (κ3) is 7.43. The molecule has 3 aromatic carbocycles. The van der Waals surface area contributed by atoms with Gasteiger partial charge < -0.3 is 15.2 Å². The molecule has 0 aliphatic carbocycles. The second-order valence-corrected chi connectivity index (χ2v) is 5.97. The summed E-state index contributed by atoms with van der Waals surface area (Å²) in [5.74, 6) is -1.58. The highest BCUT2D eigenvalue weighted by Crippen LogP contribution is 2.17. The van der Waals surface area contributed by atoms with E-state index in [4.69, 9.17) is 5.11 Å². The molecule has 28 heavy (non-hydrogen) atoms. The molecular weight excluding hydrogens is 354 g/mol. The van der Waals surface area contributed by atoms with Crippen molar-refractivity contribution in [2.24, 2.45) is 0 Å². The first-order valence-corrected chi connectivity index (χ1v) is 8.85. The molecule has 3 aromatic rings. The Balaban J connectivity index is 0.000000203. The number of carboxylic acids is 1. The van der Waals surface area contributed by atoms with E-state index in [2.05, 4.69) is 58.6 Å². The van der Waals surface area contributed by atoms with Gasteiger partial charge in [0.1, 0.15) is 11.3 Å². The summed E-state index contributed by atoms with van der Waals surface area (Å²) < 4.78 is 4.69. The molecule has 0 heterocycles. The largest absolute Gasteiger partial charge is 0.478 e. The first-order valence-electron chi connectivity index (χ1n) is 8.85. The first-order chi connectivity index (χ1) is 13.6. The molecule has 0 bridgehead atoms. The predicted octanol–water partition coefficient (Wildman–Crippen LogP) is 4.29. The van der Waals surface area contributed by atoms with Crippen molar-refractivity contribution in [2.75, 3.05) is 0 Å². The van der Waals surface area contributed by atoms with Crippen molar-refractivity contribution in [1.82, 2.24) is 5.32 Å². The number of carbonyl (C=O) groups is 2. The van der Waals surface area contributed by atoms with Gasteiger partial charge in [-0.3, -0.25) is 4.79 Å². The van der Waals surface area contributed by atoms with Gasteiger partial charge in [-0.15, -0.1) is 0 Å². The molecular formula is C23H23NO4. The molecule has 3 rings (SSSR count). The SMILES string of the molecule is CC(=O)Oc1ccccc1C(=O)O.c1ccc(CNCc2ccccc2)cc1. The number of ether oxygens (including phenoxy) is 1. The van der Waals surface area contributed by atoms with Crippen LogP contribution in [0, 0.1) is 0 Å². The summed E-state index contributed by atoms with van der Waals surface area (Å²) in [6.07, 6.45) is 0. The van der Waals surface area contributed by atoms with Gasteiger partial charge in [-0.1, -0.05) is 72.8 Å². The Morgan fingerprint density at radius 2 is 1.25 bits per heavy atom. The van der Waals surface area contributed by atoms with Crippen LogP contribution < -0.4 is 10.1 Å². The van der Waals surface area contributed by atoms with Crippen LogP contribution in [-0.2, 0) is 17.9 Å². The minimum Gasteiger partial charge on any atom is -0.478 e. The topological polar surface area (TPSA) is 75.6 Å². The lowest BCUT2D eigenvalue weighted by Crippen LogP contribution is -2.12. The van der Waals surface area contributed by atoms with Gasteiger partial charge >= 0.3 is 11.9 Å². The van der Waals surface area contributed by atoms with Gasteiger partial charge in [0.25, 0.3) is 0 Å². The third-order valence-electron chi connectivity index (χ3n) is 3.72. The van der Waals surface area contributed by atoms with Gasteiger partial charge in [0.2, 0.25) is 0 Å². The van der Waals surface area contributed by atoms with Crippen molar-refractivity contribution in [2.45, 2.75) is 20.0 Å². The fourth-order valence-corrected chi connectivity index (χ4v) is 2.43. The zero-order valence-electron chi connectivity index (χ0n) is 15.7. The Kier molecular flexibility index (Phi) is 8.43. The minimum atomic E-state index is -1.11. The lowest BCUT2D eigenvalue weighted by atomic mass is 10.2. The Hall–Kier alpha value is -3.44. The quantitative estimate of drug-likeness (QED) is 0.495. The predicted molar refractivity (Wildman–Crippen MR) is 108 cm³/mol. The number of benzene rings is 3. The van der Waals surface area contributed by atoms with Crippen LogP contribution in [0.25, 0.3) is 0 Å². The fourth-order valence-electron chi connectivity index (χ4n) is 2.43. The monoisotopic (exact) mass is 377 g/mol. The lowest BCUT2D eigenvalue weighted by molar-refractivity contribution is -0.131. The normalized spacial score (nSPS) is 9.75. The number of esters is 1. The molecule has 0 aliphatic rings. The first kappa shape index (κ1) is 20.9. The molecule has 0 aliphatic heterocycles. The highest BCUT2D eigenvalue weighted by Gasteiger charge is 2.11. The number of nitrogens with one attached hydrogen (secondary N) is 1. The number of hydrogen-bond donors (Lipinski definition) is 2. The molecule has 2 N–H and O–H groups in total. The number of rotatable bonds is 6. The molecule has 0 radical (unpaired) electrons. The number of para-hydroxylation sites is 1. The van der Waals surface area contributed by atoms with Crippen LogP contribution in [0.15, 0.2) is 84.9 Å². The van der Waals surface area contributed by atoms with E-state index in [1.165, 1.54) is 30.2 Å². The smallest absolute Gasteiger partial charge is 0.339 e. The molecule has 5 nitrogen and oxygen atoms in total. The van der Waals surface area contributed by atoms with E-state index >= 15 is 0 Å². The van der Waals surface area contributed by atoms with Crippen LogP contribution in [0.5, 0.6) is 5.75 Å². The molecule has 0 amide bonds. The number of hydrogen-bond acceptors (Lipinski definition) is 4. The van der Waals surface area contributed by atoms with E-state index in [-0.39, 0.29) is 11.3 Å². The van der Waals surface area contributed by atoms with Crippen molar-refractivity contribution in [3.05, 3.63) is 102 Å². The molecule has 5 heteroatoms. The standard InChI is InChI=1S/C14H15N.C9H8O4/c1-3-7-13(8-4-1)11-15-12-14-9-5-2-6-10-14;1-6(10)13-8-5-3-2-4-7(8)9(11)12/h1-10,15H,11-12H2;2-5H,1H3,(H,11,12). The number of aromatic carboxylic acids is 1. The van der Waals surface area contributed by atoms with Gasteiger partial charge in [-0.05, 0) is 23.3 Å². The maximum Gasteiger partial charge on any atom is 0.339 e.